The minimum Gasteiger partial charge on any atom is -0.294 e. The van der Waals surface area contributed by atoms with Gasteiger partial charge in [0.05, 0.1) is 5.02 Å². The van der Waals surface area contributed by atoms with E-state index in [1.165, 1.54) is 12.1 Å². The van der Waals surface area contributed by atoms with E-state index < -0.39 is 5.82 Å². The van der Waals surface area contributed by atoms with Crippen LogP contribution in [-0.4, -0.2) is 5.78 Å². The number of carbonyl (C=O) groups excluding carboxylic acids is 1. The molecule has 0 saturated heterocycles. The molecule has 3 aromatic carbocycles. The van der Waals surface area contributed by atoms with Crippen molar-refractivity contribution < 1.29 is 9.18 Å². The normalized spacial score (nSPS) is 10.8. The molecule has 0 aliphatic carbocycles. The summed E-state index contributed by atoms with van der Waals surface area (Å²) in [7, 11) is 0. The molecule has 21 heavy (non-hydrogen) atoms. The van der Waals surface area contributed by atoms with E-state index in [0.29, 0.717) is 11.1 Å². The first kappa shape index (κ1) is 13.8. The van der Waals surface area contributed by atoms with E-state index in [2.05, 4.69) is 0 Å². The van der Waals surface area contributed by atoms with Crippen LogP contribution in [0, 0.1) is 5.82 Å². The van der Waals surface area contributed by atoms with Gasteiger partial charge in [0, 0.05) is 12.0 Å². The van der Waals surface area contributed by atoms with Gasteiger partial charge < -0.3 is 0 Å². The number of rotatable bonds is 3. The maximum atomic E-state index is 13.4. The standard InChI is InChI=1S/C18H12ClFO/c19-16-8-5-12(9-17(16)20)10-18(21)15-7-6-13-3-1-2-4-14(13)11-15/h1-9,11H,10H2. The maximum Gasteiger partial charge on any atom is 0.167 e. The minimum atomic E-state index is -0.500. The summed E-state index contributed by atoms with van der Waals surface area (Å²) in [6.45, 7) is 0. The van der Waals surface area contributed by atoms with Crippen molar-refractivity contribution in [1.82, 2.24) is 0 Å². The summed E-state index contributed by atoms with van der Waals surface area (Å²) in [5.41, 5.74) is 1.25. The Morgan fingerprint density at radius 2 is 1.71 bits per heavy atom. The summed E-state index contributed by atoms with van der Waals surface area (Å²) in [5, 5.41) is 2.18. The van der Waals surface area contributed by atoms with E-state index in [4.69, 9.17) is 11.6 Å². The lowest BCUT2D eigenvalue weighted by Crippen LogP contribution is -2.03. The predicted molar refractivity (Wildman–Crippen MR) is 83.4 cm³/mol. The second kappa shape index (κ2) is 5.66. The predicted octanol–water partition coefficient (Wildman–Crippen LogP) is 5.06. The van der Waals surface area contributed by atoms with E-state index in [0.717, 1.165) is 10.8 Å². The summed E-state index contributed by atoms with van der Waals surface area (Å²) >= 11 is 5.64. The number of benzene rings is 3. The number of ketones is 1. The van der Waals surface area contributed by atoms with Crippen molar-refractivity contribution in [1.29, 1.82) is 0 Å². The van der Waals surface area contributed by atoms with Crippen LogP contribution < -0.4 is 0 Å². The first-order valence-electron chi connectivity index (χ1n) is 6.59. The van der Waals surface area contributed by atoms with Crippen LogP contribution in [0.5, 0.6) is 0 Å². The first-order chi connectivity index (χ1) is 10.1. The summed E-state index contributed by atoms with van der Waals surface area (Å²) in [5.74, 6) is -0.539. The fraction of sp³-hybridized carbons (Fsp3) is 0.0556. The molecule has 0 bridgehead atoms. The summed E-state index contributed by atoms with van der Waals surface area (Å²) in [6, 6.07) is 17.9. The van der Waals surface area contributed by atoms with Gasteiger partial charge in [-0.05, 0) is 34.5 Å². The molecule has 0 N–H and O–H groups in total. The summed E-state index contributed by atoms with van der Waals surface area (Å²) in [4.78, 5) is 12.3. The van der Waals surface area contributed by atoms with Crippen LogP contribution in [0.4, 0.5) is 4.39 Å². The largest absolute Gasteiger partial charge is 0.294 e. The highest BCUT2D eigenvalue weighted by Gasteiger charge is 2.09. The molecule has 0 heterocycles. The molecule has 0 unspecified atom stereocenters. The fourth-order valence-electron chi connectivity index (χ4n) is 2.30. The Morgan fingerprint density at radius 1 is 0.952 bits per heavy atom. The summed E-state index contributed by atoms with van der Waals surface area (Å²) < 4.78 is 13.4. The topological polar surface area (TPSA) is 17.1 Å². The van der Waals surface area contributed by atoms with Crippen molar-refractivity contribution in [2.45, 2.75) is 6.42 Å². The highest BCUT2D eigenvalue weighted by molar-refractivity contribution is 6.30. The number of Topliss-reactive ketones (excluding diaryl/α,β-unsaturated/α-hetero) is 1. The first-order valence-corrected chi connectivity index (χ1v) is 6.97. The lowest BCUT2D eigenvalue weighted by molar-refractivity contribution is 0.0993. The number of fused-ring (bicyclic) bond motifs is 1. The Labute approximate surface area is 127 Å². The lowest BCUT2D eigenvalue weighted by Gasteiger charge is -2.04. The monoisotopic (exact) mass is 298 g/mol. The Bertz CT molecular complexity index is 826. The number of hydrogen-bond acceptors (Lipinski definition) is 1. The zero-order chi connectivity index (χ0) is 14.8. The molecule has 0 aromatic heterocycles. The van der Waals surface area contributed by atoms with Crippen LogP contribution in [-0.2, 0) is 6.42 Å². The smallest absolute Gasteiger partial charge is 0.167 e. The van der Waals surface area contributed by atoms with Gasteiger partial charge in [0.2, 0.25) is 0 Å². The van der Waals surface area contributed by atoms with Crippen LogP contribution in [0.3, 0.4) is 0 Å². The molecule has 0 aliphatic rings. The van der Waals surface area contributed by atoms with E-state index >= 15 is 0 Å². The van der Waals surface area contributed by atoms with E-state index in [1.54, 1.807) is 12.1 Å². The van der Waals surface area contributed by atoms with Gasteiger partial charge >= 0.3 is 0 Å². The fourth-order valence-corrected chi connectivity index (χ4v) is 2.42. The molecular formula is C18H12ClFO. The van der Waals surface area contributed by atoms with Crippen LogP contribution >= 0.6 is 11.6 Å². The Morgan fingerprint density at radius 3 is 2.48 bits per heavy atom. The van der Waals surface area contributed by atoms with Crippen molar-refractivity contribution in [3.63, 3.8) is 0 Å². The quantitative estimate of drug-likeness (QED) is 0.618. The molecule has 104 valence electrons. The lowest BCUT2D eigenvalue weighted by atomic mass is 10.00. The molecule has 0 spiro atoms. The molecule has 0 atom stereocenters. The SMILES string of the molecule is O=C(Cc1ccc(Cl)c(F)c1)c1ccc2ccccc2c1. The van der Waals surface area contributed by atoms with Crippen LogP contribution in [0.15, 0.2) is 60.7 Å². The number of carbonyl (C=O) groups is 1. The highest BCUT2D eigenvalue weighted by atomic mass is 35.5. The molecule has 0 saturated carbocycles. The minimum absolute atomic E-state index is 0.0394. The second-order valence-electron chi connectivity index (χ2n) is 4.91. The van der Waals surface area contributed by atoms with Gasteiger partial charge in [-0.2, -0.15) is 0 Å². The molecule has 1 nitrogen and oxygen atoms in total. The molecule has 3 rings (SSSR count). The Hall–Kier alpha value is -2.19. The Kier molecular flexibility index (Phi) is 3.72. The molecule has 0 fully saturated rings. The zero-order valence-corrected chi connectivity index (χ0v) is 11.9. The van der Waals surface area contributed by atoms with E-state index in [1.807, 2.05) is 36.4 Å². The third-order valence-corrected chi connectivity index (χ3v) is 3.73. The van der Waals surface area contributed by atoms with E-state index in [9.17, 15) is 9.18 Å². The van der Waals surface area contributed by atoms with Crippen LogP contribution in [0.25, 0.3) is 10.8 Å². The summed E-state index contributed by atoms with van der Waals surface area (Å²) in [6.07, 6.45) is 0.159. The molecule has 0 radical (unpaired) electrons. The molecule has 3 heteroatoms. The van der Waals surface area contributed by atoms with Gasteiger partial charge in [-0.25, -0.2) is 4.39 Å². The van der Waals surface area contributed by atoms with Gasteiger partial charge in [-0.3, -0.25) is 4.79 Å². The van der Waals surface area contributed by atoms with Crippen molar-refractivity contribution in [3.8, 4) is 0 Å². The molecule has 0 amide bonds. The van der Waals surface area contributed by atoms with E-state index in [-0.39, 0.29) is 17.2 Å². The van der Waals surface area contributed by atoms with Gasteiger partial charge in [0.25, 0.3) is 0 Å². The van der Waals surface area contributed by atoms with Crippen LogP contribution in [0.1, 0.15) is 15.9 Å². The second-order valence-corrected chi connectivity index (χ2v) is 5.32. The maximum absolute atomic E-state index is 13.4. The molecule has 3 aromatic rings. The third-order valence-electron chi connectivity index (χ3n) is 3.42. The molecule has 0 aliphatic heterocycles. The van der Waals surface area contributed by atoms with Crippen molar-refractivity contribution >= 4 is 28.2 Å². The highest BCUT2D eigenvalue weighted by Crippen LogP contribution is 2.19. The van der Waals surface area contributed by atoms with Gasteiger partial charge in [0.1, 0.15) is 5.82 Å². The Balaban J connectivity index is 1.87. The zero-order valence-electron chi connectivity index (χ0n) is 11.1. The van der Waals surface area contributed by atoms with Gasteiger partial charge in [-0.1, -0.05) is 54.1 Å². The average molecular weight is 299 g/mol. The van der Waals surface area contributed by atoms with Crippen molar-refractivity contribution in [3.05, 3.63) is 82.6 Å². The third kappa shape index (κ3) is 2.96. The van der Waals surface area contributed by atoms with Crippen molar-refractivity contribution in [2.75, 3.05) is 0 Å². The van der Waals surface area contributed by atoms with Gasteiger partial charge in [-0.15, -0.1) is 0 Å². The number of hydrogen-bond donors (Lipinski definition) is 0. The molecular weight excluding hydrogens is 287 g/mol. The van der Waals surface area contributed by atoms with Gasteiger partial charge in [0.15, 0.2) is 5.78 Å². The van der Waals surface area contributed by atoms with Crippen LogP contribution in [0.2, 0.25) is 5.02 Å². The average Bonchev–Trinajstić information content (AvgIpc) is 2.50. The number of halogens is 2. The van der Waals surface area contributed by atoms with Crippen molar-refractivity contribution in [2.24, 2.45) is 0 Å².